The molecule has 29 heavy (non-hydrogen) atoms. The number of piperidine rings is 2. The van der Waals surface area contributed by atoms with Crippen molar-refractivity contribution in [3.8, 4) is 5.75 Å². The Morgan fingerprint density at radius 2 is 2.07 bits per heavy atom. The molecule has 4 rings (SSSR count). The van der Waals surface area contributed by atoms with Crippen LogP contribution in [0, 0.1) is 5.41 Å². The number of likely N-dealkylation sites (N-methyl/N-ethyl adjacent to an activating group) is 1. The van der Waals surface area contributed by atoms with Gasteiger partial charge in [0.2, 0.25) is 0 Å². The van der Waals surface area contributed by atoms with E-state index >= 15 is 0 Å². The number of hydrogen-bond donors (Lipinski definition) is 1. The molecule has 0 amide bonds. The van der Waals surface area contributed by atoms with Gasteiger partial charge in [-0.2, -0.15) is 0 Å². The number of β-amino-alcohol motifs (C(OH)–C–C–N with tert-alkyl or cyclic N) is 1. The summed E-state index contributed by atoms with van der Waals surface area (Å²) < 4.78 is 8.20. The van der Waals surface area contributed by atoms with Crippen LogP contribution in [-0.4, -0.2) is 70.4 Å². The van der Waals surface area contributed by atoms with Gasteiger partial charge in [0, 0.05) is 44.1 Å². The molecule has 2 aromatic rings. The first-order valence-corrected chi connectivity index (χ1v) is 10.9. The molecule has 1 aromatic carbocycles. The van der Waals surface area contributed by atoms with E-state index in [1.165, 1.54) is 18.4 Å². The van der Waals surface area contributed by atoms with Crippen molar-refractivity contribution in [2.24, 2.45) is 5.41 Å². The minimum atomic E-state index is -0.170. The van der Waals surface area contributed by atoms with Crippen LogP contribution in [0.2, 0.25) is 0 Å². The molecular formula is C23H34N4O2. The van der Waals surface area contributed by atoms with Gasteiger partial charge in [-0.3, -0.25) is 4.90 Å². The van der Waals surface area contributed by atoms with Crippen LogP contribution in [-0.2, 0) is 13.1 Å². The molecule has 2 saturated heterocycles. The first-order chi connectivity index (χ1) is 14.1. The molecule has 2 fully saturated rings. The third-order valence-electron chi connectivity index (χ3n) is 6.46. The lowest BCUT2D eigenvalue weighted by molar-refractivity contribution is -0.0331. The number of rotatable bonds is 7. The van der Waals surface area contributed by atoms with Crippen molar-refractivity contribution < 1.29 is 9.84 Å². The fraction of sp³-hybridized carbons (Fsp3) is 0.609. The predicted molar refractivity (Wildman–Crippen MR) is 114 cm³/mol. The monoisotopic (exact) mass is 398 g/mol. The van der Waals surface area contributed by atoms with Gasteiger partial charge in [0.15, 0.2) is 0 Å². The predicted octanol–water partition coefficient (Wildman–Crippen LogP) is 2.63. The summed E-state index contributed by atoms with van der Waals surface area (Å²) >= 11 is 0. The molecule has 0 radical (unpaired) electrons. The summed E-state index contributed by atoms with van der Waals surface area (Å²) in [6, 6.07) is 8.43. The third kappa shape index (κ3) is 5.38. The molecule has 1 aromatic heterocycles. The van der Waals surface area contributed by atoms with E-state index in [1.54, 1.807) is 0 Å². The molecule has 158 valence electrons. The number of nitrogens with zero attached hydrogens (tertiary/aromatic N) is 4. The Morgan fingerprint density at radius 3 is 2.83 bits per heavy atom. The van der Waals surface area contributed by atoms with Crippen LogP contribution in [0.25, 0.3) is 0 Å². The molecular weight excluding hydrogens is 364 g/mol. The van der Waals surface area contributed by atoms with Crippen molar-refractivity contribution in [2.45, 2.75) is 44.9 Å². The van der Waals surface area contributed by atoms with Crippen molar-refractivity contribution in [1.29, 1.82) is 0 Å². The Labute approximate surface area is 174 Å². The lowest BCUT2D eigenvalue weighted by atomic mass is 9.71. The van der Waals surface area contributed by atoms with E-state index < -0.39 is 0 Å². The van der Waals surface area contributed by atoms with E-state index in [1.807, 2.05) is 18.7 Å². The van der Waals surface area contributed by atoms with Crippen molar-refractivity contribution in [3.05, 3.63) is 48.5 Å². The van der Waals surface area contributed by atoms with Crippen LogP contribution < -0.4 is 4.74 Å². The van der Waals surface area contributed by atoms with Gasteiger partial charge in [0.25, 0.3) is 0 Å². The summed E-state index contributed by atoms with van der Waals surface area (Å²) in [4.78, 5) is 8.92. The summed E-state index contributed by atoms with van der Waals surface area (Å²) in [5, 5.41) is 10.2. The average Bonchev–Trinajstić information content (AvgIpc) is 3.21. The highest BCUT2D eigenvalue weighted by atomic mass is 16.5. The number of aliphatic hydroxyl groups excluding tert-OH is 1. The van der Waals surface area contributed by atoms with Gasteiger partial charge in [0.05, 0.1) is 19.0 Å². The maximum atomic E-state index is 10.2. The molecule has 2 aliphatic rings. The minimum Gasteiger partial charge on any atom is -0.493 e. The number of likely N-dealkylation sites (tertiary alicyclic amines) is 2. The summed E-state index contributed by atoms with van der Waals surface area (Å²) in [6.07, 6.45) is 9.74. The van der Waals surface area contributed by atoms with Gasteiger partial charge < -0.3 is 19.3 Å². The van der Waals surface area contributed by atoms with Crippen LogP contribution >= 0.6 is 0 Å². The van der Waals surface area contributed by atoms with Gasteiger partial charge in [-0.25, -0.2) is 4.98 Å². The Hall–Kier alpha value is -1.89. The van der Waals surface area contributed by atoms with Gasteiger partial charge in [-0.1, -0.05) is 18.2 Å². The number of hydrogen-bond acceptors (Lipinski definition) is 5. The zero-order valence-electron chi connectivity index (χ0n) is 17.5. The summed E-state index contributed by atoms with van der Waals surface area (Å²) in [5.74, 6) is 1.01. The van der Waals surface area contributed by atoms with E-state index in [-0.39, 0.29) is 6.10 Å². The molecule has 0 saturated carbocycles. The Bertz CT molecular complexity index is 744. The number of ether oxygens (including phenoxy) is 1. The van der Waals surface area contributed by atoms with Gasteiger partial charge in [-0.15, -0.1) is 0 Å². The van der Waals surface area contributed by atoms with Crippen molar-refractivity contribution in [2.75, 3.05) is 39.8 Å². The maximum Gasteiger partial charge on any atom is 0.123 e. The van der Waals surface area contributed by atoms with Crippen LogP contribution in [0.3, 0.4) is 0 Å². The molecule has 1 unspecified atom stereocenters. The number of imidazole rings is 1. The van der Waals surface area contributed by atoms with E-state index in [0.29, 0.717) is 12.0 Å². The third-order valence-corrected chi connectivity index (χ3v) is 6.46. The fourth-order valence-corrected chi connectivity index (χ4v) is 5.04. The van der Waals surface area contributed by atoms with Crippen LogP contribution in [0.4, 0.5) is 0 Å². The van der Waals surface area contributed by atoms with Crippen molar-refractivity contribution >= 4 is 0 Å². The van der Waals surface area contributed by atoms with Crippen LogP contribution in [0.1, 0.15) is 31.2 Å². The number of para-hydroxylation sites is 1. The molecule has 3 heterocycles. The van der Waals surface area contributed by atoms with Gasteiger partial charge in [0.1, 0.15) is 5.75 Å². The van der Waals surface area contributed by atoms with Crippen molar-refractivity contribution in [3.63, 3.8) is 0 Å². The van der Waals surface area contributed by atoms with Crippen LogP contribution in [0.5, 0.6) is 5.75 Å². The number of aryl methyl sites for hydroxylation is 1. The largest absolute Gasteiger partial charge is 0.493 e. The number of aliphatic hydroxyl groups is 1. The lowest BCUT2D eigenvalue weighted by Crippen LogP contribution is -2.52. The Morgan fingerprint density at radius 1 is 1.24 bits per heavy atom. The summed E-state index contributed by atoms with van der Waals surface area (Å²) in [6.45, 7) is 6.70. The molecule has 6 heteroatoms. The molecule has 0 aliphatic carbocycles. The number of aromatic nitrogens is 2. The Balaban J connectivity index is 1.27. The SMILES string of the molecule is CN1CC(O)CC2(CCN(Cc3ccccc3OCCCn3ccnc3)CC2)C1. The zero-order chi connectivity index (χ0) is 20.1. The smallest absolute Gasteiger partial charge is 0.123 e. The maximum absolute atomic E-state index is 10.2. The van der Waals surface area contributed by atoms with Crippen LogP contribution in [0.15, 0.2) is 43.0 Å². The zero-order valence-corrected chi connectivity index (χ0v) is 17.5. The normalized spacial score (nSPS) is 22.8. The molecule has 6 nitrogen and oxygen atoms in total. The van der Waals surface area contributed by atoms with Crippen molar-refractivity contribution in [1.82, 2.24) is 19.4 Å². The standard InChI is InChI=1S/C23H34N4O2/c1-25-17-21(28)15-23(18-25)7-11-26(12-8-23)16-20-5-2-3-6-22(20)29-14-4-10-27-13-9-24-19-27/h2-3,5-6,9,13,19,21,28H,4,7-8,10-12,14-18H2,1H3. The second-order valence-electron chi connectivity index (χ2n) is 8.94. The molecule has 1 atom stereocenters. The second kappa shape index (κ2) is 9.28. The summed E-state index contributed by atoms with van der Waals surface area (Å²) in [7, 11) is 2.14. The second-order valence-corrected chi connectivity index (χ2v) is 8.94. The highest BCUT2D eigenvalue weighted by Crippen LogP contribution is 2.40. The molecule has 2 aliphatic heterocycles. The Kier molecular flexibility index (Phi) is 6.53. The molecule has 0 bridgehead atoms. The summed E-state index contributed by atoms with van der Waals surface area (Å²) in [5.41, 5.74) is 1.57. The van der Waals surface area contributed by atoms with E-state index in [2.05, 4.69) is 50.7 Å². The first-order valence-electron chi connectivity index (χ1n) is 10.9. The van der Waals surface area contributed by atoms with E-state index in [4.69, 9.17) is 4.74 Å². The van der Waals surface area contributed by atoms with Gasteiger partial charge >= 0.3 is 0 Å². The highest BCUT2D eigenvalue weighted by molar-refractivity contribution is 5.33. The number of benzene rings is 1. The fourth-order valence-electron chi connectivity index (χ4n) is 5.04. The van der Waals surface area contributed by atoms with Gasteiger partial charge in [-0.05, 0) is 57.3 Å². The minimum absolute atomic E-state index is 0.170. The molecule has 1 spiro atoms. The molecule has 1 N–H and O–H groups in total. The average molecular weight is 399 g/mol. The first kappa shape index (κ1) is 20.4. The van der Waals surface area contributed by atoms with E-state index in [0.717, 1.165) is 57.9 Å². The topological polar surface area (TPSA) is 53.8 Å². The quantitative estimate of drug-likeness (QED) is 0.727. The van der Waals surface area contributed by atoms with E-state index in [9.17, 15) is 5.11 Å². The lowest BCUT2D eigenvalue weighted by Gasteiger charge is -2.48. The highest BCUT2D eigenvalue weighted by Gasteiger charge is 2.40.